The molecule has 0 bridgehead atoms. The van der Waals surface area contributed by atoms with Crippen LogP contribution in [0.2, 0.25) is 0 Å². The molecule has 0 saturated heterocycles. The van der Waals surface area contributed by atoms with Crippen molar-refractivity contribution in [3.63, 3.8) is 0 Å². The maximum atomic E-state index is 12.3. The van der Waals surface area contributed by atoms with Gasteiger partial charge in [0.2, 0.25) is 0 Å². The van der Waals surface area contributed by atoms with Gasteiger partial charge in [0.15, 0.2) is 12.4 Å². The van der Waals surface area contributed by atoms with E-state index in [1.165, 1.54) is 23.6 Å². The van der Waals surface area contributed by atoms with Crippen molar-refractivity contribution in [2.24, 2.45) is 0 Å². The van der Waals surface area contributed by atoms with E-state index in [-0.39, 0.29) is 23.7 Å². The van der Waals surface area contributed by atoms with Crippen molar-refractivity contribution in [1.29, 1.82) is 0 Å². The highest BCUT2D eigenvalue weighted by atomic mass is 16.5. The summed E-state index contributed by atoms with van der Waals surface area (Å²) in [7, 11) is 0. The summed E-state index contributed by atoms with van der Waals surface area (Å²) in [5, 5.41) is 9.90. The Morgan fingerprint density at radius 1 is 1.08 bits per heavy atom. The minimum atomic E-state index is -0.692. The van der Waals surface area contributed by atoms with E-state index in [2.05, 4.69) is 0 Å². The summed E-state index contributed by atoms with van der Waals surface area (Å²) in [4.78, 5) is 24.3. The van der Waals surface area contributed by atoms with Crippen LogP contribution in [0.5, 0.6) is 5.75 Å². The summed E-state index contributed by atoms with van der Waals surface area (Å²) >= 11 is 0. The Labute approximate surface area is 141 Å². The van der Waals surface area contributed by atoms with Crippen LogP contribution in [0.15, 0.2) is 36.4 Å². The van der Waals surface area contributed by atoms with Gasteiger partial charge in [-0.1, -0.05) is 24.3 Å². The van der Waals surface area contributed by atoms with E-state index in [0.717, 1.165) is 19.3 Å². The summed E-state index contributed by atoms with van der Waals surface area (Å²) in [5.74, 6) is -1.03. The third-order valence-electron chi connectivity index (χ3n) is 4.46. The van der Waals surface area contributed by atoms with Crippen molar-refractivity contribution in [1.82, 2.24) is 0 Å². The van der Waals surface area contributed by atoms with E-state index in [9.17, 15) is 14.7 Å². The molecule has 24 heavy (non-hydrogen) atoms. The van der Waals surface area contributed by atoms with Gasteiger partial charge in [0.25, 0.3) is 0 Å². The molecular formula is C20H20O4. The largest absolute Gasteiger partial charge is 0.507 e. The van der Waals surface area contributed by atoms with E-state index < -0.39 is 5.97 Å². The van der Waals surface area contributed by atoms with Crippen LogP contribution in [-0.4, -0.2) is 23.5 Å². The van der Waals surface area contributed by atoms with Crippen molar-refractivity contribution in [3.05, 3.63) is 64.2 Å². The number of hydrogen-bond acceptors (Lipinski definition) is 4. The highest BCUT2D eigenvalue weighted by molar-refractivity contribution is 6.00. The van der Waals surface area contributed by atoms with E-state index in [1.54, 1.807) is 25.1 Å². The minimum absolute atomic E-state index is 0.0771. The summed E-state index contributed by atoms with van der Waals surface area (Å²) in [5.41, 5.74) is 3.75. The molecule has 0 saturated carbocycles. The van der Waals surface area contributed by atoms with Crippen LogP contribution in [-0.2, 0) is 17.6 Å². The number of hydrogen-bond donors (Lipinski definition) is 1. The van der Waals surface area contributed by atoms with Gasteiger partial charge in [0, 0.05) is 5.56 Å². The lowest BCUT2D eigenvalue weighted by Gasteiger charge is -2.16. The Balaban J connectivity index is 1.67. The van der Waals surface area contributed by atoms with E-state index in [1.807, 2.05) is 12.1 Å². The maximum absolute atomic E-state index is 12.3. The topological polar surface area (TPSA) is 63.6 Å². The van der Waals surface area contributed by atoms with Crippen LogP contribution in [0.4, 0.5) is 0 Å². The Bertz CT molecular complexity index is 792. The summed E-state index contributed by atoms with van der Waals surface area (Å²) in [6, 6.07) is 10.5. The first-order valence-corrected chi connectivity index (χ1v) is 8.17. The van der Waals surface area contributed by atoms with Gasteiger partial charge in [-0.2, -0.15) is 0 Å². The molecule has 1 aliphatic carbocycles. The average Bonchev–Trinajstić information content (AvgIpc) is 2.61. The molecule has 124 valence electrons. The summed E-state index contributed by atoms with van der Waals surface area (Å²) in [6.45, 7) is 1.37. The van der Waals surface area contributed by atoms with Crippen molar-refractivity contribution < 1.29 is 19.4 Å². The molecule has 3 rings (SSSR count). The van der Waals surface area contributed by atoms with Gasteiger partial charge in [0.1, 0.15) is 11.3 Å². The molecule has 2 aromatic carbocycles. The highest BCUT2D eigenvalue weighted by Crippen LogP contribution is 2.23. The fourth-order valence-corrected chi connectivity index (χ4v) is 3.02. The zero-order valence-electron chi connectivity index (χ0n) is 13.7. The van der Waals surface area contributed by atoms with Crippen LogP contribution < -0.4 is 0 Å². The molecule has 0 aromatic heterocycles. The molecule has 4 heteroatoms. The number of esters is 1. The lowest BCUT2D eigenvalue weighted by atomic mass is 9.90. The average molecular weight is 324 g/mol. The van der Waals surface area contributed by atoms with E-state index >= 15 is 0 Å². The van der Waals surface area contributed by atoms with E-state index in [4.69, 9.17) is 4.74 Å². The zero-order valence-corrected chi connectivity index (χ0v) is 13.7. The predicted octanol–water partition coefficient (Wildman–Crippen LogP) is 3.62. The normalized spacial score (nSPS) is 13.2. The first kappa shape index (κ1) is 16.2. The number of rotatable bonds is 4. The molecule has 0 aliphatic heterocycles. The molecule has 1 N–H and O–H groups in total. The first-order chi connectivity index (χ1) is 11.6. The Morgan fingerprint density at radius 2 is 1.83 bits per heavy atom. The van der Waals surface area contributed by atoms with Gasteiger partial charge >= 0.3 is 5.97 Å². The number of carbonyl (C=O) groups excluding carboxylic acids is 2. The zero-order chi connectivity index (χ0) is 17.1. The number of benzene rings is 2. The van der Waals surface area contributed by atoms with Crippen molar-refractivity contribution in [2.75, 3.05) is 6.61 Å². The summed E-state index contributed by atoms with van der Waals surface area (Å²) in [6.07, 6.45) is 4.39. The van der Waals surface area contributed by atoms with Gasteiger partial charge in [-0.05, 0) is 61.4 Å². The van der Waals surface area contributed by atoms with Crippen LogP contribution in [0.1, 0.15) is 50.2 Å². The van der Waals surface area contributed by atoms with Crippen molar-refractivity contribution in [2.45, 2.75) is 32.6 Å². The lowest BCUT2D eigenvalue weighted by Crippen LogP contribution is -2.15. The van der Waals surface area contributed by atoms with E-state index in [0.29, 0.717) is 11.1 Å². The first-order valence-electron chi connectivity index (χ1n) is 8.17. The number of fused-ring (bicyclic) bond motifs is 1. The number of ether oxygens (including phenoxy) is 1. The third-order valence-corrected chi connectivity index (χ3v) is 4.46. The Morgan fingerprint density at radius 3 is 2.62 bits per heavy atom. The number of ketones is 1. The Hall–Kier alpha value is -2.62. The number of aryl methyl sites for hydroxylation is 3. The number of Topliss-reactive ketones (excluding diaryl/α,β-unsaturated/α-hetero) is 1. The van der Waals surface area contributed by atoms with Gasteiger partial charge in [-0.25, -0.2) is 4.79 Å². The van der Waals surface area contributed by atoms with Crippen molar-refractivity contribution in [3.8, 4) is 5.75 Å². The minimum Gasteiger partial charge on any atom is -0.507 e. The van der Waals surface area contributed by atoms with Gasteiger partial charge in [-0.15, -0.1) is 0 Å². The molecule has 0 radical (unpaired) electrons. The predicted molar refractivity (Wildman–Crippen MR) is 90.5 cm³/mol. The van der Waals surface area contributed by atoms with Crippen LogP contribution in [0, 0.1) is 6.92 Å². The smallest absolute Gasteiger partial charge is 0.342 e. The number of phenols is 1. The second-order valence-electron chi connectivity index (χ2n) is 6.16. The van der Waals surface area contributed by atoms with Gasteiger partial charge in [-0.3, -0.25) is 4.79 Å². The van der Waals surface area contributed by atoms with Gasteiger partial charge in [0.05, 0.1) is 0 Å². The fraction of sp³-hybridized carbons (Fsp3) is 0.300. The molecule has 0 unspecified atom stereocenters. The number of aromatic hydroxyl groups is 1. The molecule has 1 aliphatic rings. The molecule has 0 heterocycles. The van der Waals surface area contributed by atoms with Crippen LogP contribution in [0.3, 0.4) is 0 Å². The number of carbonyl (C=O) groups is 2. The summed E-state index contributed by atoms with van der Waals surface area (Å²) < 4.78 is 5.08. The maximum Gasteiger partial charge on any atom is 0.342 e. The number of phenolic OH excluding ortho intramolecular Hbond substituents is 1. The molecular weight excluding hydrogens is 304 g/mol. The van der Waals surface area contributed by atoms with Crippen LogP contribution >= 0.6 is 0 Å². The monoisotopic (exact) mass is 324 g/mol. The SMILES string of the molecule is Cc1cccc(C(=O)OCC(=O)c2ccc3c(c2)CCCC3)c1O. The highest BCUT2D eigenvalue weighted by Gasteiger charge is 2.17. The molecule has 0 spiro atoms. The molecule has 4 nitrogen and oxygen atoms in total. The molecule has 0 amide bonds. The fourth-order valence-electron chi connectivity index (χ4n) is 3.02. The molecule has 0 atom stereocenters. The second kappa shape index (κ2) is 6.87. The quantitative estimate of drug-likeness (QED) is 0.689. The Kier molecular flexibility index (Phi) is 4.65. The van der Waals surface area contributed by atoms with Gasteiger partial charge < -0.3 is 9.84 Å². The van der Waals surface area contributed by atoms with Crippen LogP contribution in [0.25, 0.3) is 0 Å². The third kappa shape index (κ3) is 3.32. The standard InChI is InChI=1S/C20H20O4/c1-13-5-4-8-17(19(13)22)20(23)24-12-18(21)16-10-9-14-6-2-3-7-15(14)11-16/h4-5,8-11,22H,2-3,6-7,12H2,1H3. The molecule has 2 aromatic rings. The number of para-hydroxylation sites is 1. The second-order valence-corrected chi connectivity index (χ2v) is 6.16. The van der Waals surface area contributed by atoms with Crippen molar-refractivity contribution >= 4 is 11.8 Å². The molecule has 0 fully saturated rings. The lowest BCUT2D eigenvalue weighted by molar-refractivity contribution is 0.0471.